The van der Waals surface area contributed by atoms with E-state index in [1.165, 1.54) is 5.56 Å². The molecule has 94 valence electrons. The molecule has 1 aromatic carbocycles. The second kappa shape index (κ2) is 6.64. The molecule has 0 saturated heterocycles. The maximum Gasteiger partial charge on any atom is 0.212 e. The number of hydrogen-bond acceptors (Lipinski definition) is 1. The molecule has 0 aliphatic heterocycles. The number of pyridine rings is 1. The minimum atomic E-state index is 0. The third-order valence-electron chi connectivity index (χ3n) is 2.68. The minimum absolute atomic E-state index is 0. The van der Waals surface area contributed by atoms with Crippen LogP contribution in [0.25, 0.3) is 11.3 Å². The van der Waals surface area contributed by atoms with Crippen molar-refractivity contribution < 1.29 is 33.3 Å². The molecular weight excluding hydrogens is 337 g/mol. The van der Waals surface area contributed by atoms with Gasteiger partial charge in [0.15, 0.2) is 12.0 Å². The lowest BCUT2D eigenvalue weighted by Gasteiger charge is -2.02. The predicted molar refractivity (Wildman–Crippen MR) is 67.5 cm³/mol. The van der Waals surface area contributed by atoms with Crippen LogP contribution in [0.15, 0.2) is 48.7 Å². The lowest BCUT2D eigenvalue weighted by Crippen LogP contribution is -3.00. The van der Waals surface area contributed by atoms with Crippen LogP contribution in [0.3, 0.4) is 0 Å². The number of benzene rings is 1. The van der Waals surface area contributed by atoms with Crippen LogP contribution in [0.4, 0.5) is 0 Å². The molecule has 0 unspecified atom stereocenters. The Morgan fingerprint density at radius 1 is 1.11 bits per heavy atom. The van der Waals surface area contributed by atoms with Crippen LogP contribution in [-0.2, 0) is 11.3 Å². The number of ketones is 1. The van der Waals surface area contributed by atoms with E-state index in [9.17, 15) is 4.79 Å². The zero-order valence-electron chi connectivity index (χ0n) is 10.6. The number of carbonyl (C=O) groups is 1. The Morgan fingerprint density at radius 3 is 2.39 bits per heavy atom. The number of nitrogens with zero attached hydrogens (tertiary/aromatic N) is 1. The fourth-order valence-corrected chi connectivity index (χ4v) is 1.84. The number of aromatic nitrogens is 1. The molecule has 0 fully saturated rings. The lowest BCUT2D eigenvalue weighted by molar-refractivity contribution is -0.673. The molecule has 1 aromatic heterocycles. The van der Waals surface area contributed by atoms with E-state index in [0.717, 1.165) is 11.3 Å². The molecular formula is C15H16INO. The summed E-state index contributed by atoms with van der Waals surface area (Å²) in [7, 11) is 0. The Kier molecular flexibility index (Phi) is 5.47. The summed E-state index contributed by atoms with van der Waals surface area (Å²) in [6.45, 7) is 4.10. The first kappa shape index (κ1) is 14.8. The molecule has 2 nitrogen and oxygen atoms in total. The molecule has 0 radical (unpaired) electrons. The second-order valence-corrected chi connectivity index (χ2v) is 4.28. The molecule has 2 rings (SSSR count). The van der Waals surface area contributed by atoms with Gasteiger partial charge in [-0.1, -0.05) is 17.7 Å². The van der Waals surface area contributed by atoms with Gasteiger partial charge in [-0.25, -0.2) is 0 Å². The van der Waals surface area contributed by atoms with E-state index < -0.39 is 0 Å². The highest BCUT2D eigenvalue weighted by molar-refractivity contribution is 5.74. The van der Waals surface area contributed by atoms with E-state index in [-0.39, 0.29) is 29.8 Å². The molecule has 0 spiro atoms. The number of rotatable bonds is 3. The van der Waals surface area contributed by atoms with Gasteiger partial charge in [-0.2, -0.15) is 4.57 Å². The monoisotopic (exact) mass is 353 g/mol. The van der Waals surface area contributed by atoms with Gasteiger partial charge < -0.3 is 24.0 Å². The molecule has 0 amide bonds. The summed E-state index contributed by atoms with van der Waals surface area (Å²) < 4.78 is 1.98. The highest BCUT2D eigenvalue weighted by Crippen LogP contribution is 2.15. The topological polar surface area (TPSA) is 20.9 Å². The van der Waals surface area contributed by atoms with Crippen LogP contribution in [0.1, 0.15) is 12.5 Å². The van der Waals surface area contributed by atoms with Crippen LogP contribution < -0.4 is 28.5 Å². The Balaban J connectivity index is 0.00000162. The van der Waals surface area contributed by atoms with Crippen molar-refractivity contribution in [2.24, 2.45) is 0 Å². The summed E-state index contributed by atoms with van der Waals surface area (Å²) in [6, 6.07) is 14.3. The van der Waals surface area contributed by atoms with Gasteiger partial charge in [-0.3, -0.25) is 4.79 Å². The molecule has 2 aromatic rings. The molecule has 1 heterocycles. The molecule has 0 bridgehead atoms. The van der Waals surface area contributed by atoms with Crippen molar-refractivity contribution in [3.05, 3.63) is 54.2 Å². The first-order valence-corrected chi connectivity index (χ1v) is 5.72. The normalized spacial score (nSPS) is 9.67. The molecule has 0 atom stereocenters. The zero-order chi connectivity index (χ0) is 12.3. The van der Waals surface area contributed by atoms with Crippen LogP contribution in [-0.4, -0.2) is 5.78 Å². The van der Waals surface area contributed by atoms with E-state index in [1.807, 2.05) is 29.0 Å². The van der Waals surface area contributed by atoms with Crippen molar-refractivity contribution in [1.29, 1.82) is 0 Å². The van der Waals surface area contributed by atoms with Gasteiger partial charge in [-0.15, -0.1) is 0 Å². The molecule has 3 heteroatoms. The highest BCUT2D eigenvalue weighted by atomic mass is 127. The maximum absolute atomic E-state index is 11.2. The Labute approximate surface area is 125 Å². The quantitative estimate of drug-likeness (QED) is 0.541. The Hall–Kier alpha value is -1.23. The van der Waals surface area contributed by atoms with Gasteiger partial charge in [0.2, 0.25) is 12.2 Å². The van der Waals surface area contributed by atoms with Crippen molar-refractivity contribution in [3.8, 4) is 11.3 Å². The summed E-state index contributed by atoms with van der Waals surface area (Å²) in [5, 5.41) is 0. The average Bonchev–Trinajstić information content (AvgIpc) is 2.30. The molecule has 0 N–H and O–H groups in total. The summed E-state index contributed by atoms with van der Waals surface area (Å²) in [5.74, 6) is 0.162. The van der Waals surface area contributed by atoms with Crippen LogP contribution in [0, 0.1) is 6.92 Å². The van der Waals surface area contributed by atoms with Gasteiger partial charge >= 0.3 is 0 Å². The first-order valence-electron chi connectivity index (χ1n) is 5.72. The number of halogens is 1. The fourth-order valence-electron chi connectivity index (χ4n) is 1.84. The number of aryl methyl sites for hydroxylation is 1. The van der Waals surface area contributed by atoms with Crippen LogP contribution in [0.5, 0.6) is 0 Å². The van der Waals surface area contributed by atoms with Crippen molar-refractivity contribution in [2.45, 2.75) is 20.4 Å². The van der Waals surface area contributed by atoms with Crippen molar-refractivity contribution in [1.82, 2.24) is 0 Å². The van der Waals surface area contributed by atoms with E-state index >= 15 is 0 Å². The maximum atomic E-state index is 11.2. The fraction of sp³-hybridized carbons (Fsp3) is 0.200. The number of hydrogen-bond donors (Lipinski definition) is 0. The number of Topliss-reactive ketones (excluding diaryl/α,β-unsaturated/α-hetero) is 1. The van der Waals surface area contributed by atoms with Crippen molar-refractivity contribution >= 4 is 5.78 Å². The van der Waals surface area contributed by atoms with Gasteiger partial charge in [0.05, 0.1) is 0 Å². The molecule has 0 aliphatic carbocycles. The summed E-state index contributed by atoms with van der Waals surface area (Å²) in [4.78, 5) is 11.2. The molecule has 0 saturated carbocycles. The van der Waals surface area contributed by atoms with E-state index in [0.29, 0.717) is 6.54 Å². The Morgan fingerprint density at radius 2 is 1.78 bits per heavy atom. The third-order valence-corrected chi connectivity index (χ3v) is 2.68. The van der Waals surface area contributed by atoms with E-state index in [1.54, 1.807) is 6.92 Å². The lowest BCUT2D eigenvalue weighted by atomic mass is 10.1. The van der Waals surface area contributed by atoms with Gasteiger partial charge in [0, 0.05) is 24.6 Å². The van der Waals surface area contributed by atoms with Crippen LogP contribution >= 0.6 is 0 Å². The smallest absolute Gasteiger partial charge is 0.212 e. The Bertz CT molecular complexity index is 534. The molecule has 0 aliphatic rings. The standard InChI is InChI=1S/C15H16NO.HI/c1-12-6-8-14(9-7-12)15-5-3-4-10-16(15)11-13(2)17;/h3-10H,11H2,1-2H3;1H/q+1;/p-1. The van der Waals surface area contributed by atoms with Crippen LogP contribution in [0.2, 0.25) is 0 Å². The van der Waals surface area contributed by atoms with E-state index in [2.05, 4.69) is 31.2 Å². The largest absolute Gasteiger partial charge is 1.00 e. The van der Waals surface area contributed by atoms with E-state index in [4.69, 9.17) is 0 Å². The predicted octanol–water partition coefficient (Wildman–Crippen LogP) is -0.457. The second-order valence-electron chi connectivity index (χ2n) is 4.28. The summed E-state index contributed by atoms with van der Waals surface area (Å²) >= 11 is 0. The number of carbonyl (C=O) groups excluding carboxylic acids is 1. The zero-order valence-corrected chi connectivity index (χ0v) is 12.7. The SMILES string of the molecule is CC(=O)C[n+]1ccccc1-c1ccc(C)cc1.[I-]. The van der Waals surface area contributed by atoms with Crippen molar-refractivity contribution in [3.63, 3.8) is 0 Å². The summed E-state index contributed by atoms with van der Waals surface area (Å²) in [6.07, 6.45) is 1.94. The highest BCUT2D eigenvalue weighted by Gasteiger charge is 2.13. The minimum Gasteiger partial charge on any atom is -1.00 e. The molecule has 18 heavy (non-hydrogen) atoms. The van der Waals surface area contributed by atoms with Gasteiger partial charge in [-0.05, 0) is 25.1 Å². The third kappa shape index (κ3) is 3.63. The summed E-state index contributed by atoms with van der Waals surface area (Å²) in [5.41, 5.74) is 3.45. The van der Waals surface area contributed by atoms with Crippen molar-refractivity contribution in [2.75, 3.05) is 0 Å². The average molecular weight is 353 g/mol. The van der Waals surface area contributed by atoms with Gasteiger partial charge in [0.25, 0.3) is 0 Å². The van der Waals surface area contributed by atoms with Gasteiger partial charge in [0.1, 0.15) is 0 Å². The first-order chi connectivity index (χ1) is 8.16.